The van der Waals surface area contributed by atoms with Gasteiger partial charge in [0.2, 0.25) is 0 Å². The average Bonchev–Trinajstić information content (AvgIpc) is 2.05. The Balaban J connectivity index is 4.74. The van der Waals surface area contributed by atoms with Gasteiger partial charge in [-0.25, -0.2) is 0 Å². The molecule has 0 radical (unpaired) electrons. The molecule has 1 nitrogen and oxygen atoms in total. The summed E-state index contributed by atoms with van der Waals surface area (Å²) in [5.41, 5.74) is 3.57. The molecule has 0 spiro atoms. The van der Waals surface area contributed by atoms with Crippen LogP contribution in [0.5, 0.6) is 0 Å². The van der Waals surface area contributed by atoms with Gasteiger partial charge in [0, 0.05) is 19.8 Å². The molecule has 0 N–H and O–H groups in total. The van der Waals surface area contributed by atoms with Crippen molar-refractivity contribution >= 4 is 0 Å². The van der Waals surface area contributed by atoms with Crippen LogP contribution in [0.1, 0.15) is 20.3 Å². The van der Waals surface area contributed by atoms with Gasteiger partial charge in [0.05, 0.1) is 0 Å². The molecular weight excluding hydrogens is 146 g/mol. The van der Waals surface area contributed by atoms with Gasteiger partial charge in [0.1, 0.15) is 0 Å². The fraction of sp³-hybridized carbons (Fsp3) is 0.455. The average molecular weight is 165 g/mol. The zero-order valence-corrected chi connectivity index (χ0v) is 8.65. The van der Waals surface area contributed by atoms with Gasteiger partial charge >= 0.3 is 0 Å². The van der Waals surface area contributed by atoms with E-state index in [1.54, 1.807) is 0 Å². The van der Waals surface area contributed by atoms with Gasteiger partial charge in [0.25, 0.3) is 0 Å². The van der Waals surface area contributed by atoms with Crippen molar-refractivity contribution in [2.45, 2.75) is 20.3 Å². The molecule has 0 atom stereocenters. The topological polar surface area (TPSA) is 3.24 Å². The van der Waals surface area contributed by atoms with E-state index in [1.807, 2.05) is 25.1 Å². The van der Waals surface area contributed by atoms with Crippen LogP contribution in [0.25, 0.3) is 0 Å². The minimum Gasteiger partial charge on any atom is -0.378 e. The first-order valence-electron chi connectivity index (χ1n) is 4.23. The Morgan fingerprint density at radius 3 is 2.17 bits per heavy atom. The number of allylic oxidation sites excluding steroid dienone is 3. The molecule has 0 amide bonds. The van der Waals surface area contributed by atoms with E-state index in [0.29, 0.717) is 0 Å². The van der Waals surface area contributed by atoms with Crippen molar-refractivity contribution in [3.8, 4) is 0 Å². The monoisotopic (exact) mass is 165 g/mol. The molecule has 0 unspecified atom stereocenters. The van der Waals surface area contributed by atoms with Crippen LogP contribution in [0.2, 0.25) is 0 Å². The molecule has 0 saturated carbocycles. The fourth-order valence-corrected chi connectivity index (χ4v) is 1.08. The third kappa shape index (κ3) is 2.57. The Morgan fingerprint density at radius 2 is 1.92 bits per heavy atom. The first kappa shape index (κ1) is 11.0. The minimum absolute atomic E-state index is 1.02. The van der Waals surface area contributed by atoms with E-state index in [0.717, 1.165) is 12.1 Å². The summed E-state index contributed by atoms with van der Waals surface area (Å²) in [5.74, 6) is 0. The van der Waals surface area contributed by atoms with Crippen LogP contribution < -0.4 is 0 Å². The quantitative estimate of drug-likeness (QED) is 0.579. The van der Waals surface area contributed by atoms with E-state index in [1.165, 1.54) is 11.1 Å². The van der Waals surface area contributed by atoms with Gasteiger partial charge in [0.15, 0.2) is 0 Å². The zero-order valence-electron chi connectivity index (χ0n) is 8.65. The summed E-state index contributed by atoms with van der Waals surface area (Å²) in [6.45, 7) is 12.0. The van der Waals surface area contributed by atoms with Gasteiger partial charge in [-0.1, -0.05) is 26.2 Å². The number of hydrogen-bond donors (Lipinski definition) is 0. The zero-order chi connectivity index (χ0) is 9.72. The molecular formula is C11H19N. The Hall–Kier alpha value is -0.980. The second kappa shape index (κ2) is 4.81. The van der Waals surface area contributed by atoms with E-state index in [-0.39, 0.29) is 0 Å². The Labute approximate surface area is 76.1 Å². The highest BCUT2D eigenvalue weighted by Gasteiger charge is 2.02. The van der Waals surface area contributed by atoms with Crippen LogP contribution in [0, 0.1) is 0 Å². The van der Waals surface area contributed by atoms with Crippen LogP contribution >= 0.6 is 0 Å². The summed E-state index contributed by atoms with van der Waals surface area (Å²) < 4.78 is 0. The molecule has 0 aliphatic heterocycles. The second-order valence-corrected chi connectivity index (χ2v) is 3.05. The van der Waals surface area contributed by atoms with Crippen LogP contribution in [0.4, 0.5) is 0 Å². The molecule has 0 bridgehead atoms. The molecule has 0 aromatic rings. The molecule has 0 rings (SSSR count). The van der Waals surface area contributed by atoms with Crippen molar-refractivity contribution in [3.63, 3.8) is 0 Å². The van der Waals surface area contributed by atoms with Crippen LogP contribution in [-0.4, -0.2) is 19.0 Å². The maximum Gasteiger partial charge on any atom is 0.0320 e. The first-order valence-corrected chi connectivity index (χ1v) is 4.23. The van der Waals surface area contributed by atoms with E-state index in [9.17, 15) is 0 Å². The molecule has 0 aliphatic carbocycles. The third-order valence-corrected chi connectivity index (χ3v) is 2.08. The molecule has 0 saturated heterocycles. The van der Waals surface area contributed by atoms with E-state index in [4.69, 9.17) is 0 Å². The van der Waals surface area contributed by atoms with Crippen molar-refractivity contribution in [3.05, 3.63) is 36.1 Å². The molecule has 0 heterocycles. The lowest BCUT2D eigenvalue weighted by molar-refractivity contribution is 0.523. The largest absolute Gasteiger partial charge is 0.378 e. The third-order valence-electron chi connectivity index (χ3n) is 2.08. The fourth-order valence-electron chi connectivity index (χ4n) is 1.08. The van der Waals surface area contributed by atoms with Crippen molar-refractivity contribution in [2.75, 3.05) is 14.1 Å². The van der Waals surface area contributed by atoms with Crippen LogP contribution in [-0.2, 0) is 0 Å². The van der Waals surface area contributed by atoms with Crippen LogP contribution in [0.3, 0.4) is 0 Å². The summed E-state index contributed by atoms with van der Waals surface area (Å²) in [5, 5.41) is 0. The van der Waals surface area contributed by atoms with E-state index in [2.05, 4.69) is 27.0 Å². The van der Waals surface area contributed by atoms with E-state index < -0.39 is 0 Å². The molecule has 68 valence electrons. The molecule has 0 aliphatic rings. The predicted octanol–water partition coefficient (Wildman–Crippen LogP) is 2.97. The maximum absolute atomic E-state index is 3.99. The highest BCUT2D eigenvalue weighted by atomic mass is 15.1. The summed E-state index contributed by atoms with van der Waals surface area (Å²) in [7, 11) is 4.00. The lowest BCUT2D eigenvalue weighted by atomic mass is 10.0. The molecule has 0 fully saturated rings. The summed E-state index contributed by atoms with van der Waals surface area (Å²) in [6.07, 6.45) is 2.92. The smallest absolute Gasteiger partial charge is 0.0320 e. The van der Waals surface area contributed by atoms with Crippen LogP contribution in [0.15, 0.2) is 36.1 Å². The highest BCUT2D eigenvalue weighted by Crippen LogP contribution is 2.17. The highest BCUT2D eigenvalue weighted by molar-refractivity contribution is 5.35. The lowest BCUT2D eigenvalue weighted by Crippen LogP contribution is -2.11. The summed E-state index contributed by atoms with van der Waals surface area (Å²) in [4.78, 5) is 2.02. The standard InChI is InChI=1S/C11H19N/c1-7-11(8-2)9(3)10(4)12(5)6/h7H,1,4,8H2,2-3,5-6H3/b11-9+. The number of likely N-dealkylation sites (N-methyl/N-ethyl adjacent to an activating group) is 1. The normalized spacial score (nSPS) is 12.0. The lowest BCUT2D eigenvalue weighted by Gasteiger charge is -2.18. The Kier molecular flexibility index (Phi) is 4.42. The number of nitrogens with zero attached hydrogens (tertiary/aromatic N) is 1. The number of hydrogen-bond acceptors (Lipinski definition) is 1. The van der Waals surface area contributed by atoms with Gasteiger partial charge in [-0.3, -0.25) is 0 Å². The SMILES string of the molecule is C=C/C(CC)=C(/C)C(=C)N(C)C. The van der Waals surface area contributed by atoms with Crippen molar-refractivity contribution in [2.24, 2.45) is 0 Å². The summed E-state index contributed by atoms with van der Waals surface area (Å²) in [6, 6.07) is 0. The number of rotatable bonds is 4. The van der Waals surface area contributed by atoms with Gasteiger partial charge < -0.3 is 4.90 Å². The van der Waals surface area contributed by atoms with Gasteiger partial charge in [-0.15, -0.1) is 0 Å². The molecule has 0 aromatic heterocycles. The predicted molar refractivity (Wildman–Crippen MR) is 56.0 cm³/mol. The maximum atomic E-state index is 3.99. The second-order valence-electron chi connectivity index (χ2n) is 3.05. The van der Waals surface area contributed by atoms with Crippen molar-refractivity contribution < 1.29 is 0 Å². The van der Waals surface area contributed by atoms with Gasteiger partial charge in [-0.05, 0) is 24.5 Å². The van der Waals surface area contributed by atoms with Crippen molar-refractivity contribution in [1.29, 1.82) is 0 Å². The molecule has 1 heteroatoms. The molecule has 12 heavy (non-hydrogen) atoms. The Bertz CT molecular complexity index is 209. The van der Waals surface area contributed by atoms with Gasteiger partial charge in [-0.2, -0.15) is 0 Å². The van der Waals surface area contributed by atoms with E-state index >= 15 is 0 Å². The minimum atomic E-state index is 1.02. The summed E-state index contributed by atoms with van der Waals surface area (Å²) >= 11 is 0. The van der Waals surface area contributed by atoms with Crippen molar-refractivity contribution in [1.82, 2.24) is 4.90 Å². The first-order chi connectivity index (χ1) is 5.54. The Morgan fingerprint density at radius 1 is 1.42 bits per heavy atom. The molecule has 0 aromatic carbocycles.